The minimum Gasteiger partial charge on any atom is -0.493 e. The molecule has 8 nitrogen and oxygen atoms in total. The van der Waals surface area contributed by atoms with Gasteiger partial charge in [-0.15, -0.1) is 0 Å². The van der Waals surface area contributed by atoms with E-state index in [2.05, 4.69) is 21.0 Å². The van der Waals surface area contributed by atoms with Gasteiger partial charge in [-0.2, -0.15) is 20.2 Å². The molecule has 0 saturated carbocycles. The molecule has 0 aliphatic carbocycles. The molecule has 2 rings (SSSR count). The predicted octanol–water partition coefficient (Wildman–Crippen LogP) is 1.54. The van der Waals surface area contributed by atoms with Crippen molar-refractivity contribution in [3.8, 4) is 17.6 Å². The number of rotatable bonds is 5. The smallest absolute Gasteiger partial charge is 0.230 e. The number of ether oxygens (including phenoxy) is 2. The summed E-state index contributed by atoms with van der Waals surface area (Å²) < 4.78 is 11.1. The van der Waals surface area contributed by atoms with Gasteiger partial charge in [-0.05, 0) is 19.1 Å². The van der Waals surface area contributed by atoms with Crippen molar-refractivity contribution in [3.63, 3.8) is 0 Å². The van der Waals surface area contributed by atoms with Crippen molar-refractivity contribution in [1.82, 2.24) is 15.0 Å². The SMILES string of the molecule is COc1cc(C#N)ccc1O[C@@H](C)c1nc(N)nc(N(C)C)n1. The number of nitrogen functional groups attached to an aromatic ring is 1. The lowest BCUT2D eigenvalue weighted by molar-refractivity contribution is 0.206. The summed E-state index contributed by atoms with van der Waals surface area (Å²) in [4.78, 5) is 14.2. The maximum absolute atomic E-state index is 8.93. The van der Waals surface area contributed by atoms with Gasteiger partial charge in [0.2, 0.25) is 11.9 Å². The molecule has 1 heterocycles. The standard InChI is InChI=1S/C15H18N6O2/c1-9(13-18-14(17)20-15(19-13)21(2)3)23-11-6-5-10(8-16)7-12(11)22-4/h5-7,9H,1-4H3,(H2,17,18,19,20)/t9-/m0/s1. The van der Waals surface area contributed by atoms with Crippen LogP contribution in [0.25, 0.3) is 0 Å². The van der Waals surface area contributed by atoms with E-state index in [1.165, 1.54) is 7.11 Å². The van der Waals surface area contributed by atoms with Crippen molar-refractivity contribution in [2.45, 2.75) is 13.0 Å². The molecule has 0 fully saturated rings. The predicted molar refractivity (Wildman–Crippen MR) is 85.3 cm³/mol. The first-order valence-electron chi connectivity index (χ1n) is 6.88. The summed E-state index contributed by atoms with van der Waals surface area (Å²) in [5.74, 6) is 1.94. The third kappa shape index (κ3) is 3.77. The highest BCUT2D eigenvalue weighted by atomic mass is 16.5. The van der Waals surface area contributed by atoms with E-state index in [4.69, 9.17) is 20.5 Å². The molecule has 0 amide bonds. The fourth-order valence-electron chi connectivity index (χ4n) is 1.86. The van der Waals surface area contributed by atoms with Crippen LogP contribution < -0.4 is 20.1 Å². The number of hydrogen-bond acceptors (Lipinski definition) is 8. The van der Waals surface area contributed by atoms with E-state index in [0.29, 0.717) is 28.8 Å². The molecule has 0 aliphatic heterocycles. The van der Waals surface area contributed by atoms with E-state index in [1.54, 1.807) is 30.0 Å². The molecule has 1 aromatic carbocycles. The molecule has 23 heavy (non-hydrogen) atoms. The number of aromatic nitrogens is 3. The number of nitriles is 1. The number of anilines is 2. The third-order valence-corrected chi connectivity index (χ3v) is 3.02. The lowest BCUT2D eigenvalue weighted by Crippen LogP contribution is -2.18. The van der Waals surface area contributed by atoms with Crippen LogP contribution >= 0.6 is 0 Å². The Morgan fingerprint density at radius 2 is 1.96 bits per heavy atom. The van der Waals surface area contributed by atoms with Gasteiger partial charge in [0.05, 0.1) is 18.7 Å². The molecule has 1 aromatic heterocycles. The molecular weight excluding hydrogens is 296 g/mol. The highest BCUT2D eigenvalue weighted by Crippen LogP contribution is 2.31. The monoisotopic (exact) mass is 314 g/mol. The molecular formula is C15H18N6O2. The number of nitrogens with two attached hydrogens (primary N) is 1. The summed E-state index contributed by atoms with van der Waals surface area (Å²) in [6.07, 6.45) is -0.471. The van der Waals surface area contributed by atoms with E-state index in [-0.39, 0.29) is 5.95 Å². The number of benzene rings is 1. The van der Waals surface area contributed by atoms with Crippen LogP contribution in [0.5, 0.6) is 11.5 Å². The first kappa shape index (κ1) is 16.3. The van der Waals surface area contributed by atoms with Crippen LogP contribution in [-0.2, 0) is 0 Å². The second-order valence-electron chi connectivity index (χ2n) is 4.98. The number of hydrogen-bond donors (Lipinski definition) is 1. The minimum atomic E-state index is -0.471. The van der Waals surface area contributed by atoms with Crippen LogP contribution in [0.15, 0.2) is 18.2 Å². The molecule has 0 bridgehead atoms. The second kappa shape index (κ2) is 6.79. The number of nitrogens with zero attached hydrogens (tertiary/aromatic N) is 5. The Balaban J connectivity index is 2.29. The quantitative estimate of drug-likeness (QED) is 0.884. The Labute approximate surface area is 134 Å². The molecule has 0 radical (unpaired) electrons. The Hall–Kier alpha value is -3.08. The van der Waals surface area contributed by atoms with Crippen LogP contribution in [-0.4, -0.2) is 36.2 Å². The first-order valence-corrected chi connectivity index (χ1v) is 6.88. The molecule has 0 aliphatic rings. The Kier molecular flexibility index (Phi) is 4.81. The molecule has 2 N–H and O–H groups in total. The summed E-state index contributed by atoms with van der Waals surface area (Å²) in [5, 5.41) is 8.93. The number of methoxy groups -OCH3 is 1. The van der Waals surface area contributed by atoms with Crippen LogP contribution in [0.2, 0.25) is 0 Å². The largest absolute Gasteiger partial charge is 0.493 e. The maximum Gasteiger partial charge on any atom is 0.230 e. The normalized spacial score (nSPS) is 11.4. The van der Waals surface area contributed by atoms with Crippen molar-refractivity contribution in [3.05, 3.63) is 29.6 Å². The van der Waals surface area contributed by atoms with Gasteiger partial charge in [0.1, 0.15) is 0 Å². The summed E-state index contributed by atoms with van der Waals surface area (Å²) in [7, 11) is 5.14. The van der Waals surface area contributed by atoms with Crippen molar-refractivity contribution in [2.75, 3.05) is 31.8 Å². The van der Waals surface area contributed by atoms with Gasteiger partial charge in [0.25, 0.3) is 0 Å². The highest BCUT2D eigenvalue weighted by Gasteiger charge is 2.17. The fraction of sp³-hybridized carbons (Fsp3) is 0.333. The van der Waals surface area contributed by atoms with Crippen molar-refractivity contribution >= 4 is 11.9 Å². The molecule has 1 atom stereocenters. The van der Waals surface area contributed by atoms with E-state index in [0.717, 1.165) is 0 Å². The van der Waals surface area contributed by atoms with Crippen molar-refractivity contribution in [2.24, 2.45) is 0 Å². The maximum atomic E-state index is 8.93. The van der Waals surface area contributed by atoms with Gasteiger partial charge in [-0.1, -0.05) is 0 Å². The summed E-state index contributed by atoms with van der Waals surface area (Å²) in [6.45, 7) is 1.80. The van der Waals surface area contributed by atoms with Gasteiger partial charge < -0.3 is 20.1 Å². The lowest BCUT2D eigenvalue weighted by Gasteiger charge is -2.18. The zero-order valence-corrected chi connectivity index (χ0v) is 13.4. The molecule has 0 spiro atoms. The van der Waals surface area contributed by atoms with Crippen molar-refractivity contribution in [1.29, 1.82) is 5.26 Å². The van der Waals surface area contributed by atoms with Crippen LogP contribution in [0, 0.1) is 11.3 Å². The van der Waals surface area contributed by atoms with E-state index in [9.17, 15) is 0 Å². The van der Waals surface area contributed by atoms with Gasteiger partial charge in [-0.25, -0.2) is 0 Å². The molecule has 120 valence electrons. The summed E-state index contributed by atoms with van der Waals surface area (Å²) in [6, 6.07) is 6.98. The molecule has 0 saturated heterocycles. The zero-order valence-electron chi connectivity index (χ0n) is 13.4. The van der Waals surface area contributed by atoms with Crippen LogP contribution in [0.4, 0.5) is 11.9 Å². The molecule has 8 heteroatoms. The first-order chi connectivity index (χ1) is 10.9. The lowest BCUT2D eigenvalue weighted by atomic mass is 10.2. The highest BCUT2D eigenvalue weighted by molar-refractivity contribution is 5.47. The summed E-state index contributed by atoms with van der Waals surface area (Å²) in [5.41, 5.74) is 6.20. The summed E-state index contributed by atoms with van der Waals surface area (Å²) >= 11 is 0. The second-order valence-corrected chi connectivity index (χ2v) is 4.98. The van der Waals surface area contributed by atoms with Gasteiger partial charge in [0, 0.05) is 20.2 Å². The average molecular weight is 314 g/mol. The fourth-order valence-corrected chi connectivity index (χ4v) is 1.86. The Bertz CT molecular complexity index is 741. The minimum absolute atomic E-state index is 0.126. The zero-order chi connectivity index (χ0) is 17.0. The Morgan fingerprint density at radius 1 is 1.22 bits per heavy atom. The topological polar surface area (TPSA) is 110 Å². The average Bonchev–Trinajstić information content (AvgIpc) is 2.54. The van der Waals surface area contributed by atoms with Crippen molar-refractivity contribution < 1.29 is 9.47 Å². The van der Waals surface area contributed by atoms with Gasteiger partial charge in [-0.3, -0.25) is 0 Å². The third-order valence-electron chi connectivity index (χ3n) is 3.02. The molecule has 2 aromatic rings. The van der Waals surface area contributed by atoms with E-state index < -0.39 is 6.10 Å². The Morgan fingerprint density at radius 3 is 2.57 bits per heavy atom. The van der Waals surface area contributed by atoms with Crippen LogP contribution in [0.1, 0.15) is 24.4 Å². The van der Waals surface area contributed by atoms with Crippen LogP contribution in [0.3, 0.4) is 0 Å². The van der Waals surface area contributed by atoms with E-state index in [1.807, 2.05) is 14.1 Å². The molecule has 0 unspecified atom stereocenters. The van der Waals surface area contributed by atoms with Gasteiger partial charge >= 0.3 is 0 Å². The van der Waals surface area contributed by atoms with Gasteiger partial charge in [0.15, 0.2) is 23.4 Å². The van der Waals surface area contributed by atoms with E-state index >= 15 is 0 Å².